The molecule has 2 aromatic rings. The van der Waals surface area contributed by atoms with Gasteiger partial charge in [0.25, 0.3) is 0 Å². The molecule has 0 saturated heterocycles. The van der Waals surface area contributed by atoms with E-state index in [1.54, 1.807) is 0 Å². The highest BCUT2D eigenvalue weighted by molar-refractivity contribution is 5.94. The molecule has 6 nitrogen and oxygen atoms in total. The van der Waals surface area contributed by atoms with Gasteiger partial charge < -0.3 is 9.15 Å². The van der Waals surface area contributed by atoms with Crippen LogP contribution in [0.1, 0.15) is 10.4 Å². The zero-order chi connectivity index (χ0) is 12.6. The van der Waals surface area contributed by atoms with E-state index in [2.05, 4.69) is 9.15 Å². The maximum absolute atomic E-state index is 11.5. The number of fused-ring (bicyclic) bond motifs is 1. The molecular weight excluding hydrogens is 226 g/mol. The molecule has 0 bridgehead atoms. The average Bonchev–Trinajstić information content (AvgIpc) is 2.34. The third-order valence-corrected chi connectivity index (χ3v) is 2.45. The maximum Gasteiger partial charge on any atom is 0.422 e. The molecular formula is C11H9NO5. The summed E-state index contributed by atoms with van der Waals surface area (Å²) < 4.78 is 10.2. The highest BCUT2D eigenvalue weighted by Crippen LogP contribution is 2.11. The van der Waals surface area contributed by atoms with E-state index in [4.69, 9.17) is 0 Å². The van der Waals surface area contributed by atoms with E-state index < -0.39 is 17.4 Å². The molecule has 0 unspecified atom stereocenters. The van der Waals surface area contributed by atoms with Crippen molar-refractivity contribution in [2.24, 2.45) is 7.05 Å². The summed E-state index contributed by atoms with van der Waals surface area (Å²) in [7, 11) is 2.72. The van der Waals surface area contributed by atoms with Crippen molar-refractivity contribution in [2.75, 3.05) is 7.11 Å². The van der Waals surface area contributed by atoms with Gasteiger partial charge >= 0.3 is 17.4 Å². The Hall–Kier alpha value is -2.37. The Balaban J connectivity index is 2.84. The van der Waals surface area contributed by atoms with Crippen LogP contribution in [0.25, 0.3) is 10.9 Å². The van der Waals surface area contributed by atoms with Crippen LogP contribution < -0.4 is 11.4 Å². The molecule has 88 valence electrons. The number of esters is 1. The average molecular weight is 235 g/mol. The van der Waals surface area contributed by atoms with Crippen molar-refractivity contribution in [3.8, 4) is 0 Å². The minimum atomic E-state index is -0.770. The standard InChI is InChI=1S/C11H9NO5/c1-12-8-4-3-6(9(13)16-2)5-7(8)10(14)17-11(12)15/h3-5H,1-2H3. The van der Waals surface area contributed by atoms with Crippen molar-refractivity contribution in [1.82, 2.24) is 4.57 Å². The number of hydrogen-bond donors (Lipinski definition) is 0. The molecule has 1 aromatic heterocycles. The molecule has 2 rings (SSSR count). The van der Waals surface area contributed by atoms with Crippen LogP contribution in [0.3, 0.4) is 0 Å². The number of aromatic nitrogens is 1. The van der Waals surface area contributed by atoms with Crippen molar-refractivity contribution in [3.05, 3.63) is 44.7 Å². The molecule has 0 spiro atoms. The number of hydrogen-bond acceptors (Lipinski definition) is 5. The predicted molar refractivity (Wildman–Crippen MR) is 59.1 cm³/mol. The smallest absolute Gasteiger partial charge is 0.422 e. The first-order valence-electron chi connectivity index (χ1n) is 4.77. The number of aryl methyl sites for hydroxylation is 1. The SMILES string of the molecule is COC(=O)c1ccc2c(c1)c(=O)oc(=O)n2C. The number of benzene rings is 1. The topological polar surface area (TPSA) is 78.5 Å². The van der Waals surface area contributed by atoms with Crippen LogP contribution in [0, 0.1) is 0 Å². The molecule has 0 aliphatic rings. The fourth-order valence-electron chi connectivity index (χ4n) is 1.54. The number of carbonyl (C=O) groups is 1. The molecule has 1 aromatic carbocycles. The third kappa shape index (κ3) is 1.73. The van der Waals surface area contributed by atoms with Gasteiger partial charge in [-0.05, 0) is 18.2 Å². The van der Waals surface area contributed by atoms with Gasteiger partial charge in [0.15, 0.2) is 0 Å². The van der Waals surface area contributed by atoms with Gasteiger partial charge in [-0.2, -0.15) is 0 Å². The predicted octanol–water partition coefficient (Wildman–Crippen LogP) is 0.278. The van der Waals surface area contributed by atoms with E-state index in [1.165, 1.54) is 36.9 Å². The number of nitrogens with zero attached hydrogens (tertiary/aromatic N) is 1. The normalized spacial score (nSPS) is 10.5. The molecule has 0 fully saturated rings. The molecule has 0 aliphatic heterocycles. The Bertz CT molecular complexity index is 710. The largest absolute Gasteiger partial charge is 0.465 e. The Labute approximate surface area is 95.0 Å². The Morgan fingerprint density at radius 2 is 2.06 bits per heavy atom. The first-order valence-corrected chi connectivity index (χ1v) is 4.77. The zero-order valence-corrected chi connectivity index (χ0v) is 9.22. The van der Waals surface area contributed by atoms with E-state index in [9.17, 15) is 14.4 Å². The van der Waals surface area contributed by atoms with Crippen molar-refractivity contribution < 1.29 is 13.9 Å². The van der Waals surface area contributed by atoms with Gasteiger partial charge in [-0.1, -0.05) is 0 Å². The van der Waals surface area contributed by atoms with E-state index in [0.29, 0.717) is 5.52 Å². The first-order chi connectivity index (χ1) is 8.04. The summed E-state index contributed by atoms with van der Waals surface area (Å²) in [6.07, 6.45) is 0. The number of methoxy groups -OCH3 is 1. The second-order valence-electron chi connectivity index (χ2n) is 3.44. The lowest BCUT2D eigenvalue weighted by Gasteiger charge is -2.03. The second-order valence-corrected chi connectivity index (χ2v) is 3.44. The molecule has 6 heteroatoms. The molecule has 0 radical (unpaired) electrons. The van der Waals surface area contributed by atoms with Gasteiger partial charge in [-0.15, -0.1) is 0 Å². The third-order valence-electron chi connectivity index (χ3n) is 2.45. The van der Waals surface area contributed by atoms with Crippen molar-refractivity contribution >= 4 is 16.9 Å². The molecule has 0 amide bonds. The number of carbonyl (C=O) groups excluding carboxylic acids is 1. The van der Waals surface area contributed by atoms with Crippen LogP contribution in [0.5, 0.6) is 0 Å². The lowest BCUT2D eigenvalue weighted by Crippen LogP contribution is -2.22. The van der Waals surface area contributed by atoms with Crippen LogP contribution >= 0.6 is 0 Å². The monoisotopic (exact) mass is 235 g/mol. The van der Waals surface area contributed by atoms with E-state index in [0.717, 1.165) is 0 Å². The summed E-state index contributed by atoms with van der Waals surface area (Å²) in [4.78, 5) is 34.0. The van der Waals surface area contributed by atoms with E-state index in [-0.39, 0.29) is 10.9 Å². The molecule has 0 atom stereocenters. The van der Waals surface area contributed by atoms with Gasteiger partial charge in [0.2, 0.25) is 0 Å². The minimum absolute atomic E-state index is 0.162. The number of rotatable bonds is 1. The Morgan fingerprint density at radius 1 is 1.35 bits per heavy atom. The molecule has 0 N–H and O–H groups in total. The van der Waals surface area contributed by atoms with Gasteiger partial charge in [0, 0.05) is 7.05 Å². The van der Waals surface area contributed by atoms with E-state index >= 15 is 0 Å². The molecule has 0 aliphatic carbocycles. The lowest BCUT2D eigenvalue weighted by molar-refractivity contribution is 0.0601. The van der Waals surface area contributed by atoms with Crippen LogP contribution in [0.4, 0.5) is 0 Å². The van der Waals surface area contributed by atoms with Crippen LogP contribution in [0.2, 0.25) is 0 Å². The first kappa shape index (κ1) is 11.1. The van der Waals surface area contributed by atoms with Gasteiger partial charge in [-0.3, -0.25) is 4.57 Å². The Morgan fingerprint density at radius 3 is 2.71 bits per heavy atom. The second kappa shape index (κ2) is 3.89. The highest BCUT2D eigenvalue weighted by Gasteiger charge is 2.11. The summed E-state index contributed by atoms with van der Waals surface area (Å²) in [6, 6.07) is 4.32. The van der Waals surface area contributed by atoms with Crippen molar-refractivity contribution in [1.29, 1.82) is 0 Å². The summed E-state index contributed by atoms with van der Waals surface area (Å²) in [6.45, 7) is 0. The quantitative estimate of drug-likeness (QED) is 0.663. The van der Waals surface area contributed by atoms with Crippen LogP contribution in [-0.2, 0) is 11.8 Å². The number of ether oxygens (including phenoxy) is 1. The molecule has 1 heterocycles. The zero-order valence-electron chi connectivity index (χ0n) is 9.22. The van der Waals surface area contributed by atoms with Crippen LogP contribution in [-0.4, -0.2) is 17.6 Å². The summed E-state index contributed by atoms with van der Waals surface area (Å²) in [5.41, 5.74) is -0.140. The lowest BCUT2D eigenvalue weighted by atomic mass is 10.1. The Kier molecular flexibility index (Phi) is 2.55. The fourth-order valence-corrected chi connectivity index (χ4v) is 1.54. The highest BCUT2D eigenvalue weighted by atomic mass is 16.5. The van der Waals surface area contributed by atoms with Crippen molar-refractivity contribution in [3.63, 3.8) is 0 Å². The molecule has 17 heavy (non-hydrogen) atoms. The summed E-state index contributed by atoms with van der Waals surface area (Å²) >= 11 is 0. The van der Waals surface area contributed by atoms with Crippen molar-refractivity contribution in [2.45, 2.75) is 0 Å². The minimum Gasteiger partial charge on any atom is -0.465 e. The van der Waals surface area contributed by atoms with Gasteiger partial charge in [-0.25, -0.2) is 14.4 Å². The fraction of sp³-hybridized carbons (Fsp3) is 0.182. The molecule has 0 saturated carbocycles. The van der Waals surface area contributed by atoms with Crippen LogP contribution in [0.15, 0.2) is 32.2 Å². The summed E-state index contributed by atoms with van der Waals surface area (Å²) in [5.74, 6) is -1.30. The maximum atomic E-state index is 11.5. The summed E-state index contributed by atoms with van der Waals surface area (Å²) in [5, 5.41) is 0.162. The van der Waals surface area contributed by atoms with E-state index in [1.807, 2.05) is 0 Å². The van der Waals surface area contributed by atoms with Gasteiger partial charge in [0.05, 0.1) is 23.6 Å². The van der Waals surface area contributed by atoms with Gasteiger partial charge in [0.1, 0.15) is 0 Å².